The number of rotatable bonds is 8. The molecular formula is C20H19FN2O5S2. The number of halogens is 1. The number of hydrogen-bond acceptors (Lipinski definition) is 6. The van der Waals surface area contributed by atoms with Crippen molar-refractivity contribution in [2.24, 2.45) is 0 Å². The van der Waals surface area contributed by atoms with Gasteiger partial charge in [-0.3, -0.25) is 9.10 Å². The van der Waals surface area contributed by atoms with E-state index in [1.807, 2.05) is 0 Å². The first-order chi connectivity index (χ1) is 14.4. The first-order valence-corrected chi connectivity index (χ1v) is 11.0. The first-order valence-electron chi connectivity index (χ1n) is 8.69. The molecule has 7 nitrogen and oxygen atoms in total. The third-order valence-corrected chi connectivity index (χ3v) is 7.26. The maximum atomic E-state index is 14.4. The fourth-order valence-corrected chi connectivity index (χ4v) is 5.23. The van der Waals surface area contributed by atoms with Gasteiger partial charge >= 0.3 is 0 Å². The van der Waals surface area contributed by atoms with Gasteiger partial charge in [0.15, 0.2) is 0 Å². The molecule has 0 aliphatic carbocycles. The van der Waals surface area contributed by atoms with Crippen LogP contribution in [-0.2, 0) is 14.8 Å². The number of carbonyl (C=O) groups is 1. The van der Waals surface area contributed by atoms with Gasteiger partial charge in [-0.1, -0.05) is 18.2 Å². The van der Waals surface area contributed by atoms with Crippen LogP contribution in [0.3, 0.4) is 0 Å². The van der Waals surface area contributed by atoms with Gasteiger partial charge in [0.2, 0.25) is 5.91 Å². The monoisotopic (exact) mass is 450 g/mol. The molecule has 3 rings (SSSR count). The van der Waals surface area contributed by atoms with Crippen LogP contribution in [-0.4, -0.2) is 35.1 Å². The Morgan fingerprint density at radius 2 is 1.87 bits per heavy atom. The minimum Gasteiger partial charge on any atom is -0.497 e. The summed E-state index contributed by atoms with van der Waals surface area (Å²) >= 11 is 0.982. The third kappa shape index (κ3) is 4.55. The maximum absolute atomic E-state index is 14.4. The van der Waals surface area contributed by atoms with Crippen molar-refractivity contribution >= 4 is 38.6 Å². The lowest BCUT2D eigenvalue weighted by Crippen LogP contribution is -2.38. The van der Waals surface area contributed by atoms with Gasteiger partial charge in [-0.15, -0.1) is 11.3 Å². The standard InChI is InChI=1S/C20H19FN2O5S2/c1-27-14-9-10-16(18(12-14)28-2)22-19(24)13-23(17-7-4-3-6-15(17)21)30(25,26)20-8-5-11-29-20/h3-12H,13H2,1-2H3,(H,22,24). The van der Waals surface area contributed by atoms with Gasteiger partial charge in [-0.25, -0.2) is 12.8 Å². The second-order valence-corrected chi connectivity index (χ2v) is 9.05. The number of hydrogen-bond donors (Lipinski definition) is 1. The Kier molecular flexibility index (Phi) is 6.58. The van der Waals surface area contributed by atoms with E-state index in [1.54, 1.807) is 29.6 Å². The third-order valence-electron chi connectivity index (χ3n) is 4.13. The van der Waals surface area contributed by atoms with Crippen molar-refractivity contribution in [3.63, 3.8) is 0 Å². The van der Waals surface area contributed by atoms with E-state index < -0.39 is 28.3 Å². The predicted molar refractivity (Wildman–Crippen MR) is 113 cm³/mol. The smallest absolute Gasteiger partial charge is 0.274 e. The first kappa shape index (κ1) is 21.6. The number of carbonyl (C=O) groups excluding carboxylic acids is 1. The second kappa shape index (κ2) is 9.14. The van der Waals surface area contributed by atoms with E-state index >= 15 is 0 Å². The molecule has 2 aromatic carbocycles. The van der Waals surface area contributed by atoms with Gasteiger partial charge in [0.1, 0.15) is 28.1 Å². The number of ether oxygens (including phenoxy) is 2. The Balaban J connectivity index is 1.93. The summed E-state index contributed by atoms with van der Waals surface area (Å²) in [5.41, 5.74) is 0.105. The number of sulfonamides is 1. The Hall–Kier alpha value is -3.11. The SMILES string of the molecule is COc1ccc(NC(=O)CN(c2ccccc2F)S(=O)(=O)c2cccs2)c(OC)c1. The molecular weight excluding hydrogens is 431 g/mol. The number of methoxy groups -OCH3 is 2. The van der Waals surface area contributed by atoms with Gasteiger partial charge < -0.3 is 14.8 Å². The zero-order valence-corrected chi connectivity index (χ0v) is 17.8. The summed E-state index contributed by atoms with van der Waals surface area (Å²) in [6, 6.07) is 13.1. The van der Waals surface area contributed by atoms with Crippen LogP contribution in [0.1, 0.15) is 0 Å². The van der Waals surface area contributed by atoms with Crippen molar-refractivity contribution in [1.82, 2.24) is 0 Å². The number of para-hydroxylation sites is 1. The number of amides is 1. The van der Waals surface area contributed by atoms with E-state index in [-0.39, 0.29) is 9.90 Å². The second-order valence-electron chi connectivity index (χ2n) is 6.01. The number of benzene rings is 2. The predicted octanol–water partition coefficient (Wildman–Crippen LogP) is 3.74. The molecule has 0 saturated carbocycles. The molecule has 0 radical (unpaired) electrons. The molecule has 0 fully saturated rings. The molecule has 0 saturated heterocycles. The summed E-state index contributed by atoms with van der Waals surface area (Å²) < 4.78 is 51.7. The molecule has 30 heavy (non-hydrogen) atoms. The molecule has 3 aromatic rings. The lowest BCUT2D eigenvalue weighted by atomic mass is 10.2. The van der Waals surface area contributed by atoms with Crippen molar-refractivity contribution in [1.29, 1.82) is 0 Å². The lowest BCUT2D eigenvalue weighted by molar-refractivity contribution is -0.114. The highest BCUT2D eigenvalue weighted by molar-refractivity contribution is 7.94. The molecule has 0 atom stereocenters. The summed E-state index contributed by atoms with van der Waals surface area (Å²) in [5.74, 6) is -0.561. The minimum absolute atomic E-state index is 0.000538. The lowest BCUT2D eigenvalue weighted by Gasteiger charge is -2.24. The Morgan fingerprint density at radius 3 is 2.50 bits per heavy atom. The zero-order chi connectivity index (χ0) is 21.7. The molecule has 158 valence electrons. The molecule has 0 aliphatic heterocycles. The van der Waals surface area contributed by atoms with Crippen molar-refractivity contribution in [2.75, 3.05) is 30.4 Å². The van der Waals surface area contributed by atoms with Crippen LogP contribution in [0.4, 0.5) is 15.8 Å². The summed E-state index contributed by atoms with van der Waals surface area (Å²) in [6.45, 7) is -0.629. The summed E-state index contributed by atoms with van der Waals surface area (Å²) in [7, 11) is -1.22. The fraction of sp³-hybridized carbons (Fsp3) is 0.150. The van der Waals surface area contributed by atoms with Crippen LogP contribution in [0.5, 0.6) is 11.5 Å². The van der Waals surface area contributed by atoms with Crippen LogP contribution in [0.15, 0.2) is 64.2 Å². The normalized spacial score (nSPS) is 11.0. The number of nitrogens with one attached hydrogen (secondary N) is 1. The summed E-state index contributed by atoms with van der Waals surface area (Å²) in [5, 5.41) is 4.20. The highest BCUT2D eigenvalue weighted by atomic mass is 32.2. The highest BCUT2D eigenvalue weighted by Crippen LogP contribution is 2.31. The summed E-state index contributed by atoms with van der Waals surface area (Å²) in [6.07, 6.45) is 0. The fourth-order valence-electron chi connectivity index (χ4n) is 2.69. The van der Waals surface area contributed by atoms with Crippen molar-refractivity contribution in [3.8, 4) is 11.5 Å². The average Bonchev–Trinajstić information content (AvgIpc) is 3.29. The van der Waals surface area contributed by atoms with E-state index in [9.17, 15) is 17.6 Å². The largest absolute Gasteiger partial charge is 0.497 e. The van der Waals surface area contributed by atoms with Gasteiger partial charge in [-0.05, 0) is 35.7 Å². The van der Waals surface area contributed by atoms with E-state index in [2.05, 4.69) is 5.32 Å². The number of anilines is 2. The molecule has 0 aliphatic rings. The van der Waals surface area contributed by atoms with E-state index in [4.69, 9.17) is 9.47 Å². The Morgan fingerprint density at radius 1 is 1.10 bits per heavy atom. The number of nitrogens with zero attached hydrogens (tertiary/aromatic N) is 1. The van der Waals surface area contributed by atoms with Crippen LogP contribution >= 0.6 is 11.3 Å². The van der Waals surface area contributed by atoms with E-state index in [1.165, 1.54) is 38.5 Å². The Bertz CT molecular complexity index is 1130. The van der Waals surface area contributed by atoms with Crippen LogP contribution in [0.25, 0.3) is 0 Å². The average molecular weight is 451 g/mol. The molecule has 1 N–H and O–H groups in total. The molecule has 10 heteroatoms. The van der Waals surface area contributed by atoms with Crippen molar-refractivity contribution < 1.29 is 27.1 Å². The quantitative estimate of drug-likeness (QED) is 0.565. The molecule has 1 heterocycles. The number of thiophene rings is 1. The highest BCUT2D eigenvalue weighted by Gasteiger charge is 2.30. The van der Waals surface area contributed by atoms with Crippen LogP contribution < -0.4 is 19.1 Å². The molecule has 1 amide bonds. The van der Waals surface area contributed by atoms with E-state index in [0.717, 1.165) is 21.7 Å². The zero-order valence-electron chi connectivity index (χ0n) is 16.2. The van der Waals surface area contributed by atoms with Crippen LogP contribution in [0.2, 0.25) is 0 Å². The van der Waals surface area contributed by atoms with Gasteiger partial charge in [0.25, 0.3) is 10.0 Å². The molecule has 0 spiro atoms. The summed E-state index contributed by atoms with van der Waals surface area (Å²) in [4.78, 5) is 12.7. The topological polar surface area (TPSA) is 84.9 Å². The van der Waals surface area contributed by atoms with Crippen molar-refractivity contribution in [2.45, 2.75) is 4.21 Å². The molecule has 0 bridgehead atoms. The Labute approximate surface area is 177 Å². The van der Waals surface area contributed by atoms with Gasteiger partial charge in [0.05, 0.1) is 25.6 Å². The van der Waals surface area contributed by atoms with Gasteiger partial charge in [0, 0.05) is 6.07 Å². The molecule has 0 unspecified atom stereocenters. The van der Waals surface area contributed by atoms with Gasteiger partial charge in [-0.2, -0.15) is 0 Å². The van der Waals surface area contributed by atoms with E-state index in [0.29, 0.717) is 17.2 Å². The molecule has 1 aromatic heterocycles. The van der Waals surface area contributed by atoms with Crippen molar-refractivity contribution in [3.05, 3.63) is 65.8 Å². The van der Waals surface area contributed by atoms with Crippen LogP contribution in [0, 0.1) is 5.82 Å². The maximum Gasteiger partial charge on any atom is 0.274 e. The minimum atomic E-state index is -4.15.